The Balaban J connectivity index is 2.10. The van der Waals surface area contributed by atoms with Crippen LogP contribution in [-0.2, 0) is 0 Å². The summed E-state index contributed by atoms with van der Waals surface area (Å²) in [6.45, 7) is 3.48. The molecule has 3 nitrogen and oxygen atoms in total. The molecule has 0 bridgehead atoms. The molecule has 0 aliphatic carbocycles. The predicted octanol–water partition coefficient (Wildman–Crippen LogP) is 0.655. The molecule has 0 aromatic rings. The van der Waals surface area contributed by atoms with Crippen LogP contribution < -0.4 is 11.1 Å². The standard InChI is InChI=1S/C11H25N3/c1-14(2)9-3-4-11(12)10-5-7-13-8-6-10/h10-11,13H,3-9,12H2,1-2H3. The highest BCUT2D eigenvalue weighted by Crippen LogP contribution is 2.17. The van der Waals surface area contributed by atoms with Gasteiger partial charge >= 0.3 is 0 Å². The smallest absolute Gasteiger partial charge is 0.00685 e. The minimum Gasteiger partial charge on any atom is -0.327 e. The van der Waals surface area contributed by atoms with Crippen LogP contribution in [0.1, 0.15) is 25.7 Å². The first-order chi connectivity index (χ1) is 6.70. The van der Waals surface area contributed by atoms with Gasteiger partial charge in [0.05, 0.1) is 0 Å². The van der Waals surface area contributed by atoms with Crippen LogP contribution in [0.3, 0.4) is 0 Å². The van der Waals surface area contributed by atoms with Gasteiger partial charge in [-0.15, -0.1) is 0 Å². The molecule has 0 saturated carbocycles. The van der Waals surface area contributed by atoms with Gasteiger partial charge in [-0.3, -0.25) is 0 Å². The summed E-state index contributed by atoms with van der Waals surface area (Å²) in [4.78, 5) is 2.23. The van der Waals surface area contributed by atoms with Crippen molar-refractivity contribution < 1.29 is 0 Å². The fourth-order valence-corrected chi connectivity index (χ4v) is 2.15. The number of nitrogens with two attached hydrogens (primary N) is 1. The van der Waals surface area contributed by atoms with Crippen LogP contribution in [0, 0.1) is 5.92 Å². The van der Waals surface area contributed by atoms with Gasteiger partial charge in [-0.1, -0.05) is 0 Å². The van der Waals surface area contributed by atoms with Crippen LogP contribution in [0.25, 0.3) is 0 Å². The average molecular weight is 199 g/mol. The molecular formula is C11H25N3. The molecule has 1 heterocycles. The van der Waals surface area contributed by atoms with Crippen LogP contribution in [0.4, 0.5) is 0 Å². The molecule has 84 valence electrons. The van der Waals surface area contributed by atoms with E-state index in [1.165, 1.54) is 32.2 Å². The van der Waals surface area contributed by atoms with E-state index in [0.717, 1.165) is 19.0 Å². The Kier molecular flexibility index (Phi) is 5.45. The molecule has 14 heavy (non-hydrogen) atoms. The van der Waals surface area contributed by atoms with Gasteiger partial charge in [-0.05, 0) is 65.3 Å². The van der Waals surface area contributed by atoms with Gasteiger partial charge in [0, 0.05) is 6.04 Å². The van der Waals surface area contributed by atoms with Crippen LogP contribution in [0.15, 0.2) is 0 Å². The molecule has 3 heteroatoms. The summed E-state index contributed by atoms with van der Waals surface area (Å²) < 4.78 is 0. The maximum Gasteiger partial charge on any atom is 0.00685 e. The minimum atomic E-state index is 0.428. The molecule has 1 aliphatic heterocycles. The van der Waals surface area contributed by atoms with E-state index in [0.29, 0.717) is 6.04 Å². The molecule has 1 saturated heterocycles. The zero-order valence-electron chi connectivity index (χ0n) is 9.63. The lowest BCUT2D eigenvalue weighted by Gasteiger charge is -2.28. The molecule has 0 aromatic heterocycles. The highest BCUT2D eigenvalue weighted by molar-refractivity contribution is 4.78. The predicted molar refractivity (Wildman–Crippen MR) is 61.4 cm³/mol. The van der Waals surface area contributed by atoms with Gasteiger partial charge in [-0.2, -0.15) is 0 Å². The highest BCUT2D eigenvalue weighted by Gasteiger charge is 2.19. The number of hydrogen-bond acceptors (Lipinski definition) is 3. The SMILES string of the molecule is CN(C)CCCC(N)C1CCNCC1. The monoisotopic (exact) mass is 199 g/mol. The van der Waals surface area contributed by atoms with Crippen molar-refractivity contribution in [2.75, 3.05) is 33.7 Å². The fourth-order valence-electron chi connectivity index (χ4n) is 2.15. The summed E-state index contributed by atoms with van der Waals surface area (Å²) in [5.74, 6) is 0.762. The lowest BCUT2D eigenvalue weighted by molar-refractivity contribution is 0.292. The molecular weight excluding hydrogens is 174 g/mol. The lowest BCUT2D eigenvalue weighted by Crippen LogP contribution is -2.38. The third kappa shape index (κ3) is 4.40. The number of rotatable bonds is 5. The molecule has 1 aliphatic rings. The molecule has 1 atom stereocenters. The van der Waals surface area contributed by atoms with E-state index in [9.17, 15) is 0 Å². The summed E-state index contributed by atoms with van der Waals surface area (Å²) in [7, 11) is 4.24. The summed E-state index contributed by atoms with van der Waals surface area (Å²) in [6, 6.07) is 0.428. The van der Waals surface area contributed by atoms with Gasteiger partial charge in [-0.25, -0.2) is 0 Å². The molecule has 3 N–H and O–H groups in total. The van der Waals surface area contributed by atoms with Crippen molar-refractivity contribution in [3.63, 3.8) is 0 Å². The number of piperidine rings is 1. The number of nitrogens with zero attached hydrogens (tertiary/aromatic N) is 1. The third-order valence-corrected chi connectivity index (χ3v) is 3.13. The zero-order chi connectivity index (χ0) is 10.4. The van der Waals surface area contributed by atoms with E-state index in [1.807, 2.05) is 0 Å². The van der Waals surface area contributed by atoms with E-state index in [4.69, 9.17) is 5.73 Å². The van der Waals surface area contributed by atoms with Crippen LogP contribution in [0.5, 0.6) is 0 Å². The summed E-state index contributed by atoms with van der Waals surface area (Å²) in [5.41, 5.74) is 6.19. The Bertz CT molecular complexity index is 141. The second-order valence-corrected chi connectivity index (χ2v) is 4.70. The second-order valence-electron chi connectivity index (χ2n) is 4.70. The van der Waals surface area contributed by atoms with Gasteiger partial charge in [0.15, 0.2) is 0 Å². The van der Waals surface area contributed by atoms with Gasteiger partial charge in [0.25, 0.3) is 0 Å². The molecule has 0 aromatic carbocycles. The van der Waals surface area contributed by atoms with E-state index < -0.39 is 0 Å². The minimum absolute atomic E-state index is 0.428. The third-order valence-electron chi connectivity index (χ3n) is 3.13. The normalized spacial score (nSPS) is 21.4. The van der Waals surface area contributed by atoms with Crippen LogP contribution >= 0.6 is 0 Å². The van der Waals surface area contributed by atoms with Crippen LogP contribution in [-0.4, -0.2) is 44.7 Å². The van der Waals surface area contributed by atoms with Gasteiger partial charge in [0.1, 0.15) is 0 Å². The molecule has 0 spiro atoms. The first kappa shape index (κ1) is 12.0. The number of hydrogen-bond donors (Lipinski definition) is 2. The Labute approximate surface area is 88.0 Å². The fraction of sp³-hybridized carbons (Fsp3) is 1.00. The van der Waals surface area contributed by atoms with Crippen molar-refractivity contribution in [1.29, 1.82) is 0 Å². The molecule has 0 amide bonds. The summed E-state index contributed by atoms with van der Waals surface area (Å²) >= 11 is 0. The Morgan fingerprint density at radius 2 is 2.00 bits per heavy atom. The number of nitrogens with one attached hydrogen (secondary N) is 1. The van der Waals surface area contributed by atoms with Crippen molar-refractivity contribution in [1.82, 2.24) is 10.2 Å². The van der Waals surface area contributed by atoms with Crippen molar-refractivity contribution >= 4 is 0 Å². The maximum absolute atomic E-state index is 6.19. The Hall–Kier alpha value is -0.120. The van der Waals surface area contributed by atoms with Crippen molar-refractivity contribution in [3.8, 4) is 0 Å². The largest absolute Gasteiger partial charge is 0.327 e. The van der Waals surface area contributed by atoms with Crippen molar-refractivity contribution in [3.05, 3.63) is 0 Å². The molecule has 0 radical (unpaired) electrons. The van der Waals surface area contributed by atoms with Gasteiger partial charge < -0.3 is 16.0 Å². The summed E-state index contributed by atoms with van der Waals surface area (Å²) in [5, 5.41) is 3.38. The van der Waals surface area contributed by atoms with E-state index in [-0.39, 0.29) is 0 Å². The molecule has 1 unspecified atom stereocenters. The molecule has 1 fully saturated rings. The second kappa shape index (κ2) is 6.38. The Morgan fingerprint density at radius 1 is 1.36 bits per heavy atom. The zero-order valence-corrected chi connectivity index (χ0v) is 9.63. The van der Waals surface area contributed by atoms with Gasteiger partial charge in [0.2, 0.25) is 0 Å². The van der Waals surface area contributed by atoms with Crippen molar-refractivity contribution in [2.24, 2.45) is 11.7 Å². The molecule has 1 rings (SSSR count). The first-order valence-electron chi connectivity index (χ1n) is 5.81. The quantitative estimate of drug-likeness (QED) is 0.683. The lowest BCUT2D eigenvalue weighted by atomic mass is 9.88. The van der Waals surface area contributed by atoms with E-state index in [2.05, 4.69) is 24.3 Å². The Morgan fingerprint density at radius 3 is 2.57 bits per heavy atom. The van der Waals surface area contributed by atoms with E-state index >= 15 is 0 Å². The average Bonchev–Trinajstić information content (AvgIpc) is 2.18. The summed E-state index contributed by atoms with van der Waals surface area (Å²) in [6.07, 6.45) is 4.95. The van der Waals surface area contributed by atoms with Crippen LogP contribution in [0.2, 0.25) is 0 Å². The first-order valence-corrected chi connectivity index (χ1v) is 5.81. The maximum atomic E-state index is 6.19. The highest BCUT2D eigenvalue weighted by atomic mass is 15.0. The van der Waals surface area contributed by atoms with Crippen molar-refractivity contribution in [2.45, 2.75) is 31.7 Å². The topological polar surface area (TPSA) is 41.3 Å². The van der Waals surface area contributed by atoms with E-state index in [1.54, 1.807) is 0 Å².